The number of likely N-dealkylation sites (N-methyl/N-ethyl adjacent to an activating group) is 1. The third-order valence-electron chi connectivity index (χ3n) is 3.90. The highest BCUT2D eigenvalue weighted by molar-refractivity contribution is 7.80. The van der Waals surface area contributed by atoms with Crippen molar-refractivity contribution in [2.24, 2.45) is 5.41 Å². The zero-order valence-electron chi connectivity index (χ0n) is 14.3. The highest BCUT2D eigenvalue weighted by Crippen LogP contribution is 2.19. The number of hydrogen-bond donors (Lipinski definition) is 2. The third-order valence-corrected chi connectivity index (χ3v) is 4.11. The molecule has 0 atom stereocenters. The zero-order valence-corrected chi connectivity index (χ0v) is 15.2. The average molecular weight is 334 g/mol. The van der Waals surface area contributed by atoms with Crippen molar-refractivity contribution in [2.75, 3.05) is 43.4 Å². The van der Waals surface area contributed by atoms with Crippen molar-refractivity contribution in [2.45, 2.75) is 20.8 Å². The number of carbonyl (C=O) groups is 1. The Morgan fingerprint density at radius 3 is 2.17 bits per heavy atom. The average Bonchev–Trinajstić information content (AvgIpc) is 2.48. The fraction of sp³-hybridized carbons (Fsp3) is 0.529. The predicted octanol–water partition coefficient (Wildman–Crippen LogP) is 2.30. The molecule has 1 aromatic carbocycles. The number of nitrogens with zero attached hydrogens (tertiary/aromatic N) is 2. The first kappa shape index (κ1) is 17.7. The van der Waals surface area contributed by atoms with Crippen molar-refractivity contribution >= 4 is 34.6 Å². The van der Waals surface area contributed by atoms with Gasteiger partial charge in [-0.3, -0.25) is 4.79 Å². The van der Waals surface area contributed by atoms with Crippen LogP contribution in [0.5, 0.6) is 0 Å². The van der Waals surface area contributed by atoms with E-state index >= 15 is 0 Å². The van der Waals surface area contributed by atoms with Crippen molar-refractivity contribution in [3.8, 4) is 0 Å². The first-order chi connectivity index (χ1) is 10.8. The molecule has 1 aliphatic rings. The second kappa shape index (κ2) is 7.27. The van der Waals surface area contributed by atoms with E-state index in [0.717, 1.165) is 31.9 Å². The standard InChI is InChI=1S/C17H26N4OS/c1-17(2,3)15(22)19-16(23)18-13-5-7-14(8-6-13)21-11-9-20(4)10-12-21/h5-8H,9-12H2,1-4H3,(H2,18,19,22,23). The Bertz CT molecular complexity index is 557. The second-order valence-corrected chi connectivity index (χ2v) is 7.40. The van der Waals surface area contributed by atoms with Crippen LogP contribution < -0.4 is 15.5 Å². The highest BCUT2D eigenvalue weighted by Gasteiger charge is 2.22. The van der Waals surface area contributed by atoms with E-state index in [-0.39, 0.29) is 5.91 Å². The van der Waals surface area contributed by atoms with Gasteiger partial charge in [-0.05, 0) is 43.5 Å². The molecular weight excluding hydrogens is 308 g/mol. The SMILES string of the molecule is CN1CCN(c2ccc(NC(=S)NC(=O)C(C)(C)C)cc2)CC1. The summed E-state index contributed by atoms with van der Waals surface area (Å²) in [7, 11) is 2.15. The summed E-state index contributed by atoms with van der Waals surface area (Å²) in [5.41, 5.74) is 1.63. The van der Waals surface area contributed by atoms with Gasteiger partial charge in [-0.25, -0.2) is 0 Å². The fourth-order valence-electron chi connectivity index (χ4n) is 2.27. The first-order valence-corrected chi connectivity index (χ1v) is 8.32. The largest absolute Gasteiger partial charge is 0.369 e. The molecule has 0 radical (unpaired) electrons. The summed E-state index contributed by atoms with van der Waals surface area (Å²) >= 11 is 5.19. The molecule has 126 valence electrons. The minimum Gasteiger partial charge on any atom is -0.369 e. The molecule has 23 heavy (non-hydrogen) atoms. The van der Waals surface area contributed by atoms with Gasteiger partial charge >= 0.3 is 0 Å². The molecule has 0 bridgehead atoms. The van der Waals surface area contributed by atoms with Crippen LogP contribution in [0, 0.1) is 5.41 Å². The lowest BCUT2D eigenvalue weighted by molar-refractivity contribution is -0.126. The lowest BCUT2D eigenvalue weighted by Gasteiger charge is -2.34. The Morgan fingerprint density at radius 1 is 1.09 bits per heavy atom. The second-order valence-electron chi connectivity index (χ2n) is 7.00. The maximum absolute atomic E-state index is 11.9. The summed E-state index contributed by atoms with van der Waals surface area (Å²) in [5, 5.41) is 6.10. The molecule has 1 fully saturated rings. The van der Waals surface area contributed by atoms with E-state index in [1.54, 1.807) is 0 Å². The minimum atomic E-state index is -0.461. The van der Waals surface area contributed by atoms with E-state index in [9.17, 15) is 4.79 Å². The summed E-state index contributed by atoms with van der Waals surface area (Å²) in [5.74, 6) is -0.0935. The highest BCUT2D eigenvalue weighted by atomic mass is 32.1. The van der Waals surface area contributed by atoms with Gasteiger partial charge in [0.25, 0.3) is 0 Å². The Balaban J connectivity index is 1.90. The molecule has 0 spiro atoms. The molecule has 1 heterocycles. The molecule has 5 nitrogen and oxygen atoms in total. The van der Waals surface area contributed by atoms with Crippen molar-refractivity contribution in [3.05, 3.63) is 24.3 Å². The number of piperazine rings is 1. The van der Waals surface area contributed by atoms with Crippen LogP contribution in [-0.4, -0.2) is 49.1 Å². The number of hydrogen-bond acceptors (Lipinski definition) is 4. The van der Waals surface area contributed by atoms with Gasteiger partial charge in [-0.2, -0.15) is 0 Å². The first-order valence-electron chi connectivity index (χ1n) is 7.92. The summed E-state index contributed by atoms with van der Waals surface area (Å²) in [6.07, 6.45) is 0. The lowest BCUT2D eigenvalue weighted by Crippen LogP contribution is -2.44. The molecule has 1 amide bonds. The van der Waals surface area contributed by atoms with Gasteiger partial charge in [0.1, 0.15) is 0 Å². The molecule has 2 N–H and O–H groups in total. The third kappa shape index (κ3) is 5.18. The topological polar surface area (TPSA) is 47.6 Å². The maximum atomic E-state index is 11.9. The van der Waals surface area contributed by atoms with Crippen LogP contribution in [-0.2, 0) is 4.79 Å². The van der Waals surface area contributed by atoms with Crippen molar-refractivity contribution < 1.29 is 4.79 Å². The van der Waals surface area contributed by atoms with Gasteiger partial charge in [-0.1, -0.05) is 20.8 Å². The predicted molar refractivity (Wildman–Crippen MR) is 100.0 cm³/mol. The monoisotopic (exact) mass is 334 g/mol. The molecule has 1 aliphatic heterocycles. The van der Waals surface area contributed by atoms with Gasteiger partial charge in [0.05, 0.1) is 0 Å². The number of nitrogens with one attached hydrogen (secondary N) is 2. The summed E-state index contributed by atoms with van der Waals surface area (Å²) < 4.78 is 0. The number of thiocarbonyl (C=S) groups is 1. The van der Waals surface area contributed by atoms with E-state index in [2.05, 4.69) is 39.6 Å². The van der Waals surface area contributed by atoms with Crippen LogP contribution >= 0.6 is 12.2 Å². The van der Waals surface area contributed by atoms with Crippen molar-refractivity contribution in [1.29, 1.82) is 0 Å². The molecular formula is C17H26N4OS. The van der Waals surface area contributed by atoms with E-state index in [1.807, 2.05) is 32.9 Å². The Labute approximate surface area is 144 Å². The molecule has 2 rings (SSSR count). The van der Waals surface area contributed by atoms with Gasteiger partial charge < -0.3 is 20.4 Å². The van der Waals surface area contributed by atoms with E-state index in [1.165, 1.54) is 5.69 Å². The van der Waals surface area contributed by atoms with Crippen LogP contribution in [0.1, 0.15) is 20.8 Å². The fourth-order valence-corrected chi connectivity index (χ4v) is 2.48. The molecule has 1 saturated heterocycles. The smallest absolute Gasteiger partial charge is 0.231 e. The number of benzene rings is 1. The van der Waals surface area contributed by atoms with Gasteiger partial charge in [0.15, 0.2) is 5.11 Å². The molecule has 6 heteroatoms. The van der Waals surface area contributed by atoms with Crippen molar-refractivity contribution in [1.82, 2.24) is 10.2 Å². The van der Waals surface area contributed by atoms with E-state index in [4.69, 9.17) is 12.2 Å². The summed E-state index contributed by atoms with van der Waals surface area (Å²) in [6, 6.07) is 8.15. The van der Waals surface area contributed by atoms with Crippen LogP contribution in [0.4, 0.5) is 11.4 Å². The van der Waals surface area contributed by atoms with E-state index in [0.29, 0.717) is 5.11 Å². The minimum absolute atomic E-state index is 0.0935. The number of carbonyl (C=O) groups excluding carboxylic acids is 1. The summed E-state index contributed by atoms with van der Waals surface area (Å²) in [6.45, 7) is 9.83. The number of anilines is 2. The molecule has 0 aromatic heterocycles. The molecule has 0 unspecified atom stereocenters. The molecule has 0 saturated carbocycles. The molecule has 1 aromatic rings. The van der Waals surface area contributed by atoms with Crippen LogP contribution in [0.15, 0.2) is 24.3 Å². The number of amides is 1. The van der Waals surface area contributed by atoms with Gasteiger partial charge in [0, 0.05) is 43.0 Å². The Kier molecular flexibility index (Phi) is 5.59. The van der Waals surface area contributed by atoms with Crippen LogP contribution in [0.3, 0.4) is 0 Å². The Hall–Kier alpha value is -1.66. The van der Waals surface area contributed by atoms with Gasteiger partial charge in [-0.15, -0.1) is 0 Å². The number of rotatable bonds is 2. The zero-order chi connectivity index (χ0) is 17.0. The van der Waals surface area contributed by atoms with Crippen molar-refractivity contribution in [3.63, 3.8) is 0 Å². The lowest BCUT2D eigenvalue weighted by atomic mass is 9.96. The molecule has 0 aliphatic carbocycles. The normalized spacial score (nSPS) is 16.1. The van der Waals surface area contributed by atoms with Gasteiger partial charge in [0.2, 0.25) is 5.91 Å². The Morgan fingerprint density at radius 2 is 1.65 bits per heavy atom. The van der Waals surface area contributed by atoms with E-state index < -0.39 is 5.41 Å². The van der Waals surface area contributed by atoms with Crippen LogP contribution in [0.2, 0.25) is 0 Å². The quantitative estimate of drug-likeness (QED) is 0.813. The maximum Gasteiger partial charge on any atom is 0.231 e. The van der Waals surface area contributed by atoms with Crippen LogP contribution in [0.25, 0.3) is 0 Å². The summed E-state index contributed by atoms with van der Waals surface area (Å²) in [4.78, 5) is 16.6.